The van der Waals surface area contributed by atoms with Crippen molar-refractivity contribution in [2.75, 3.05) is 5.32 Å². The van der Waals surface area contributed by atoms with Gasteiger partial charge in [0.05, 0.1) is 17.6 Å². The molecule has 0 aromatic carbocycles. The van der Waals surface area contributed by atoms with Gasteiger partial charge in [-0.2, -0.15) is 10.2 Å². The number of hydrogen-bond acceptors (Lipinski definition) is 4. The Balaban J connectivity index is 2.11. The molecule has 1 N–H and O–H groups in total. The van der Waals surface area contributed by atoms with Crippen molar-refractivity contribution in [1.29, 1.82) is 0 Å². The minimum atomic E-state index is 0.361. The molecule has 0 bridgehead atoms. The van der Waals surface area contributed by atoms with E-state index >= 15 is 0 Å². The first-order valence-corrected chi connectivity index (χ1v) is 5.26. The van der Waals surface area contributed by atoms with Crippen molar-refractivity contribution in [2.45, 2.75) is 26.8 Å². The first-order chi connectivity index (χ1) is 7.65. The van der Waals surface area contributed by atoms with Crippen molar-refractivity contribution in [2.24, 2.45) is 0 Å². The molecule has 0 aliphatic carbocycles. The topological polar surface area (TPSA) is 55.6 Å². The summed E-state index contributed by atoms with van der Waals surface area (Å²) < 4.78 is 1.89. The van der Waals surface area contributed by atoms with Crippen molar-refractivity contribution in [3.05, 3.63) is 30.2 Å². The lowest BCUT2D eigenvalue weighted by Crippen LogP contribution is -2.00. The standard InChI is InChI=1S/C11H15N5/c1-8(2)16-7-10(6-12-16)13-11-5-4-9(3)14-15-11/h4-8H,1-3H3,(H,13,15). The average Bonchev–Trinajstić information content (AvgIpc) is 2.70. The van der Waals surface area contributed by atoms with E-state index in [4.69, 9.17) is 0 Å². The third-order valence-corrected chi connectivity index (χ3v) is 2.20. The molecule has 16 heavy (non-hydrogen) atoms. The number of aromatic nitrogens is 4. The lowest BCUT2D eigenvalue weighted by atomic mass is 10.4. The monoisotopic (exact) mass is 217 g/mol. The summed E-state index contributed by atoms with van der Waals surface area (Å²) >= 11 is 0. The minimum absolute atomic E-state index is 0.361. The van der Waals surface area contributed by atoms with Crippen LogP contribution in [0.3, 0.4) is 0 Å². The van der Waals surface area contributed by atoms with Crippen LogP contribution in [0.4, 0.5) is 11.5 Å². The van der Waals surface area contributed by atoms with E-state index in [0.29, 0.717) is 6.04 Å². The molecule has 0 saturated heterocycles. The van der Waals surface area contributed by atoms with Gasteiger partial charge < -0.3 is 5.32 Å². The molecule has 5 nitrogen and oxygen atoms in total. The molecule has 0 radical (unpaired) electrons. The summed E-state index contributed by atoms with van der Waals surface area (Å²) in [4.78, 5) is 0. The van der Waals surface area contributed by atoms with Crippen LogP contribution in [0.1, 0.15) is 25.6 Å². The Bertz CT molecular complexity index is 457. The van der Waals surface area contributed by atoms with Crippen molar-refractivity contribution in [1.82, 2.24) is 20.0 Å². The second kappa shape index (κ2) is 4.30. The summed E-state index contributed by atoms with van der Waals surface area (Å²) in [5, 5.41) is 15.4. The summed E-state index contributed by atoms with van der Waals surface area (Å²) in [6.45, 7) is 6.08. The number of nitrogens with one attached hydrogen (secondary N) is 1. The van der Waals surface area contributed by atoms with Gasteiger partial charge in [-0.05, 0) is 32.9 Å². The molecule has 2 aromatic rings. The quantitative estimate of drug-likeness (QED) is 0.857. The van der Waals surface area contributed by atoms with Gasteiger partial charge in [0.2, 0.25) is 0 Å². The second-order valence-electron chi connectivity index (χ2n) is 3.99. The predicted molar refractivity (Wildman–Crippen MR) is 62.7 cm³/mol. The normalized spacial score (nSPS) is 10.8. The fraction of sp³-hybridized carbons (Fsp3) is 0.364. The van der Waals surface area contributed by atoms with E-state index in [2.05, 4.69) is 34.5 Å². The van der Waals surface area contributed by atoms with Gasteiger partial charge in [-0.15, -0.1) is 5.10 Å². The highest BCUT2D eigenvalue weighted by atomic mass is 15.3. The molecule has 0 spiro atoms. The van der Waals surface area contributed by atoms with E-state index in [1.165, 1.54) is 0 Å². The summed E-state index contributed by atoms with van der Waals surface area (Å²) in [7, 11) is 0. The average molecular weight is 217 g/mol. The first kappa shape index (κ1) is 10.6. The van der Waals surface area contributed by atoms with Crippen molar-refractivity contribution >= 4 is 11.5 Å². The zero-order valence-electron chi connectivity index (χ0n) is 9.68. The lowest BCUT2D eigenvalue weighted by Gasteiger charge is -2.03. The maximum Gasteiger partial charge on any atom is 0.153 e. The van der Waals surface area contributed by atoms with Crippen LogP contribution >= 0.6 is 0 Å². The molecular weight excluding hydrogens is 202 g/mol. The third-order valence-electron chi connectivity index (χ3n) is 2.20. The van der Waals surface area contributed by atoms with Crippen LogP contribution < -0.4 is 5.32 Å². The maximum atomic E-state index is 4.24. The highest BCUT2D eigenvalue weighted by molar-refractivity contribution is 5.53. The van der Waals surface area contributed by atoms with E-state index in [-0.39, 0.29) is 0 Å². The number of rotatable bonds is 3. The summed E-state index contributed by atoms with van der Waals surface area (Å²) in [6, 6.07) is 4.18. The van der Waals surface area contributed by atoms with Gasteiger partial charge in [-0.1, -0.05) is 0 Å². The molecule has 84 valence electrons. The van der Waals surface area contributed by atoms with Crippen LogP contribution in [0, 0.1) is 6.92 Å². The smallest absolute Gasteiger partial charge is 0.153 e. The first-order valence-electron chi connectivity index (χ1n) is 5.26. The molecule has 2 rings (SSSR count). The molecule has 0 atom stereocenters. The van der Waals surface area contributed by atoms with E-state index in [9.17, 15) is 0 Å². The van der Waals surface area contributed by atoms with Crippen molar-refractivity contribution in [3.8, 4) is 0 Å². The maximum absolute atomic E-state index is 4.24. The fourth-order valence-electron chi connectivity index (χ4n) is 1.30. The third kappa shape index (κ3) is 2.36. The van der Waals surface area contributed by atoms with E-state index in [1.807, 2.05) is 29.9 Å². The molecule has 0 saturated carbocycles. The summed E-state index contributed by atoms with van der Waals surface area (Å²) in [6.07, 6.45) is 3.73. The van der Waals surface area contributed by atoms with Gasteiger partial charge >= 0.3 is 0 Å². The van der Waals surface area contributed by atoms with Crippen LogP contribution in [0.15, 0.2) is 24.5 Å². The molecule has 0 aliphatic heterocycles. The number of anilines is 2. The molecule has 2 aromatic heterocycles. The molecule has 0 amide bonds. The molecule has 5 heteroatoms. The van der Waals surface area contributed by atoms with Gasteiger partial charge in [-0.25, -0.2) is 0 Å². The molecule has 0 fully saturated rings. The molecular formula is C11H15N5. The van der Waals surface area contributed by atoms with E-state index < -0.39 is 0 Å². The van der Waals surface area contributed by atoms with Gasteiger partial charge in [0.15, 0.2) is 5.82 Å². The van der Waals surface area contributed by atoms with Crippen LogP contribution in [0.25, 0.3) is 0 Å². The van der Waals surface area contributed by atoms with E-state index in [1.54, 1.807) is 6.20 Å². The van der Waals surface area contributed by atoms with E-state index in [0.717, 1.165) is 17.2 Å². The molecule has 2 heterocycles. The predicted octanol–water partition coefficient (Wildman–Crippen LogP) is 2.31. The molecule has 0 unspecified atom stereocenters. The Morgan fingerprint density at radius 2 is 2.06 bits per heavy atom. The zero-order chi connectivity index (χ0) is 11.5. The highest BCUT2D eigenvalue weighted by Crippen LogP contribution is 2.14. The Morgan fingerprint density at radius 3 is 2.62 bits per heavy atom. The van der Waals surface area contributed by atoms with Gasteiger partial charge in [0, 0.05) is 12.2 Å². The van der Waals surface area contributed by atoms with Crippen molar-refractivity contribution in [3.63, 3.8) is 0 Å². The van der Waals surface area contributed by atoms with Gasteiger partial charge in [0.25, 0.3) is 0 Å². The lowest BCUT2D eigenvalue weighted by molar-refractivity contribution is 0.532. The Labute approximate surface area is 94.5 Å². The van der Waals surface area contributed by atoms with Crippen LogP contribution in [-0.4, -0.2) is 20.0 Å². The zero-order valence-corrected chi connectivity index (χ0v) is 9.68. The highest BCUT2D eigenvalue weighted by Gasteiger charge is 2.02. The number of nitrogens with zero attached hydrogens (tertiary/aromatic N) is 4. The second-order valence-corrected chi connectivity index (χ2v) is 3.99. The fourth-order valence-corrected chi connectivity index (χ4v) is 1.30. The van der Waals surface area contributed by atoms with Crippen LogP contribution in [0.5, 0.6) is 0 Å². The van der Waals surface area contributed by atoms with Crippen LogP contribution in [0.2, 0.25) is 0 Å². The Kier molecular flexibility index (Phi) is 2.85. The van der Waals surface area contributed by atoms with Gasteiger partial charge in [-0.3, -0.25) is 4.68 Å². The molecule has 0 aliphatic rings. The Morgan fingerprint density at radius 1 is 1.25 bits per heavy atom. The summed E-state index contributed by atoms with van der Waals surface area (Å²) in [5.74, 6) is 0.730. The Hall–Kier alpha value is -1.91. The van der Waals surface area contributed by atoms with Gasteiger partial charge in [0.1, 0.15) is 0 Å². The minimum Gasteiger partial charge on any atom is -0.336 e. The largest absolute Gasteiger partial charge is 0.336 e. The van der Waals surface area contributed by atoms with Crippen LogP contribution in [-0.2, 0) is 0 Å². The summed E-state index contributed by atoms with van der Waals surface area (Å²) in [5.41, 5.74) is 1.83. The number of aryl methyl sites for hydroxylation is 1. The SMILES string of the molecule is Cc1ccc(Nc2cnn(C(C)C)c2)nn1. The number of hydrogen-bond donors (Lipinski definition) is 1. The van der Waals surface area contributed by atoms with Crippen molar-refractivity contribution < 1.29 is 0 Å².